The molecule has 6 nitrogen and oxygen atoms in total. The number of carbonyl (C=O) groups is 1. The molecule has 0 N–H and O–H groups in total. The van der Waals surface area contributed by atoms with Crippen molar-refractivity contribution in [3.8, 4) is 0 Å². The lowest BCUT2D eigenvalue weighted by molar-refractivity contribution is 0.0600. The molecule has 0 amide bonds. The average Bonchev–Trinajstić information content (AvgIpc) is 2.96. The molecule has 0 aromatic carbocycles. The van der Waals surface area contributed by atoms with Crippen LogP contribution in [0.25, 0.3) is 5.65 Å². The van der Waals surface area contributed by atoms with Gasteiger partial charge in [0.25, 0.3) is 0 Å². The summed E-state index contributed by atoms with van der Waals surface area (Å²) in [4.78, 5) is 18.6. The highest BCUT2D eigenvalue weighted by Crippen LogP contribution is 2.20. The Kier molecular flexibility index (Phi) is 4.38. The van der Waals surface area contributed by atoms with Gasteiger partial charge in [0.05, 0.1) is 12.7 Å². The molecule has 0 aliphatic carbocycles. The van der Waals surface area contributed by atoms with Crippen molar-refractivity contribution < 1.29 is 9.53 Å². The minimum absolute atomic E-state index is 0.348. The molecule has 3 heterocycles. The molecule has 0 saturated carbocycles. The van der Waals surface area contributed by atoms with E-state index in [0.29, 0.717) is 17.1 Å². The standard InChI is InChI=1S/C16H22N4O2/c1-3-19-7-4-12(5-8-19)10-14-17-15-11-13(16(21)22-2)6-9-20(15)18-14/h6,9,11-12H,3-5,7-8,10H2,1-2H3. The molecular formula is C16H22N4O2. The van der Waals surface area contributed by atoms with Crippen molar-refractivity contribution in [1.29, 1.82) is 0 Å². The van der Waals surface area contributed by atoms with Crippen LogP contribution < -0.4 is 0 Å². The van der Waals surface area contributed by atoms with E-state index in [1.165, 1.54) is 33.0 Å². The summed E-state index contributed by atoms with van der Waals surface area (Å²) in [6, 6.07) is 3.43. The number of ether oxygens (including phenoxy) is 1. The number of fused-ring (bicyclic) bond motifs is 1. The third-order valence-corrected chi connectivity index (χ3v) is 4.43. The summed E-state index contributed by atoms with van der Waals surface area (Å²) in [5, 5.41) is 4.51. The lowest BCUT2D eigenvalue weighted by atomic mass is 9.93. The number of rotatable bonds is 4. The first-order valence-electron chi connectivity index (χ1n) is 7.85. The summed E-state index contributed by atoms with van der Waals surface area (Å²) < 4.78 is 6.46. The number of pyridine rings is 1. The van der Waals surface area contributed by atoms with Gasteiger partial charge in [-0.25, -0.2) is 14.3 Å². The molecule has 0 spiro atoms. The van der Waals surface area contributed by atoms with E-state index in [4.69, 9.17) is 4.74 Å². The SMILES string of the molecule is CCN1CCC(Cc2nc3cc(C(=O)OC)ccn3n2)CC1. The number of piperidine rings is 1. The predicted molar refractivity (Wildman–Crippen MR) is 82.9 cm³/mol. The predicted octanol–water partition coefficient (Wildman–Crippen LogP) is 1.79. The van der Waals surface area contributed by atoms with E-state index in [1.807, 2.05) is 0 Å². The third kappa shape index (κ3) is 3.11. The van der Waals surface area contributed by atoms with E-state index in [2.05, 4.69) is 21.9 Å². The van der Waals surface area contributed by atoms with Gasteiger partial charge in [-0.2, -0.15) is 5.10 Å². The van der Waals surface area contributed by atoms with Crippen molar-refractivity contribution in [2.24, 2.45) is 5.92 Å². The first-order valence-corrected chi connectivity index (χ1v) is 7.85. The van der Waals surface area contributed by atoms with Crippen molar-refractivity contribution >= 4 is 11.6 Å². The van der Waals surface area contributed by atoms with Gasteiger partial charge >= 0.3 is 5.97 Å². The van der Waals surface area contributed by atoms with Gasteiger partial charge < -0.3 is 9.64 Å². The van der Waals surface area contributed by atoms with Gasteiger partial charge in [0.2, 0.25) is 0 Å². The van der Waals surface area contributed by atoms with Crippen molar-refractivity contribution in [2.75, 3.05) is 26.7 Å². The summed E-state index contributed by atoms with van der Waals surface area (Å²) in [6.45, 7) is 5.68. The van der Waals surface area contributed by atoms with Crippen molar-refractivity contribution in [1.82, 2.24) is 19.5 Å². The Hall–Kier alpha value is -1.95. The average molecular weight is 302 g/mol. The van der Waals surface area contributed by atoms with Crippen LogP contribution in [0.1, 0.15) is 35.9 Å². The van der Waals surface area contributed by atoms with E-state index in [9.17, 15) is 4.79 Å². The number of aromatic nitrogens is 3. The van der Waals surface area contributed by atoms with Crippen LogP contribution in [0.4, 0.5) is 0 Å². The Bertz CT molecular complexity index is 659. The Balaban J connectivity index is 1.71. The number of likely N-dealkylation sites (tertiary alicyclic amines) is 1. The van der Waals surface area contributed by atoms with Gasteiger partial charge in [0, 0.05) is 12.6 Å². The number of hydrogen-bond donors (Lipinski definition) is 0. The second kappa shape index (κ2) is 6.44. The van der Waals surface area contributed by atoms with Crippen molar-refractivity contribution in [3.63, 3.8) is 0 Å². The van der Waals surface area contributed by atoms with Gasteiger partial charge in [-0.05, 0) is 50.5 Å². The molecule has 0 unspecified atom stereocenters. The summed E-state index contributed by atoms with van der Waals surface area (Å²) >= 11 is 0. The number of esters is 1. The molecule has 2 aromatic rings. The maximum atomic E-state index is 11.6. The fraction of sp³-hybridized carbons (Fsp3) is 0.562. The van der Waals surface area contributed by atoms with Gasteiger partial charge in [0.1, 0.15) is 0 Å². The summed E-state index contributed by atoms with van der Waals surface area (Å²) in [7, 11) is 1.38. The molecule has 0 atom stereocenters. The molecule has 6 heteroatoms. The first-order chi connectivity index (χ1) is 10.7. The number of nitrogens with zero attached hydrogens (tertiary/aromatic N) is 4. The van der Waals surface area contributed by atoms with Crippen LogP contribution >= 0.6 is 0 Å². The van der Waals surface area contributed by atoms with Crippen molar-refractivity contribution in [3.05, 3.63) is 29.7 Å². The number of hydrogen-bond acceptors (Lipinski definition) is 5. The van der Waals surface area contributed by atoms with E-state index in [0.717, 1.165) is 18.8 Å². The molecule has 1 fully saturated rings. The molecule has 118 valence electrons. The molecule has 0 radical (unpaired) electrons. The summed E-state index contributed by atoms with van der Waals surface area (Å²) in [5.74, 6) is 1.16. The fourth-order valence-corrected chi connectivity index (χ4v) is 3.02. The van der Waals surface area contributed by atoms with Gasteiger partial charge in [-0.3, -0.25) is 0 Å². The largest absolute Gasteiger partial charge is 0.465 e. The molecule has 3 rings (SSSR count). The molecule has 22 heavy (non-hydrogen) atoms. The van der Waals surface area contributed by atoms with Crippen LogP contribution in [0.2, 0.25) is 0 Å². The Labute approximate surface area is 130 Å². The molecule has 2 aromatic heterocycles. The zero-order valence-corrected chi connectivity index (χ0v) is 13.2. The molecular weight excluding hydrogens is 280 g/mol. The Morgan fingerprint density at radius 2 is 2.18 bits per heavy atom. The lowest BCUT2D eigenvalue weighted by Crippen LogP contribution is -2.34. The minimum atomic E-state index is -0.348. The molecule has 0 bridgehead atoms. The van der Waals surface area contributed by atoms with Crippen LogP contribution in [-0.4, -0.2) is 52.2 Å². The highest BCUT2D eigenvalue weighted by atomic mass is 16.5. The van der Waals surface area contributed by atoms with Crippen LogP contribution in [-0.2, 0) is 11.2 Å². The highest BCUT2D eigenvalue weighted by Gasteiger charge is 2.20. The second-order valence-electron chi connectivity index (χ2n) is 5.82. The van der Waals surface area contributed by atoms with Gasteiger partial charge in [0.15, 0.2) is 11.5 Å². The molecule has 1 saturated heterocycles. The zero-order chi connectivity index (χ0) is 15.5. The minimum Gasteiger partial charge on any atom is -0.465 e. The molecule has 1 aliphatic rings. The van der Waals surface area contributed by atoms with Gasteiger partial charge in [-0.1, -0.05) is 6.92 Å². The number of carbonyl (C=O) groups excluding carboxylic acids is 1. The van der Waals surface area contributed by atoms with Crippen LogP contribution in [0.5, 0.6) is 0 Å². The summed E-state index contributed by atoms with van der Waals surface area (Å²) in [6.07, 6.45) is 5.08. The van der Waals surface area contributed by atoms with E-state index < -0.39 is 0 Å². The van der Waals surface area contributed by atoms with Crippen LogP contribution in [0.15, 0.2) is 18.3 Å². The maximum absolute atomic E-state index is 11.6. The van der Waals surface area contributed by atoms with Crippen molar-refractivity contribution in [2.45, 2.75) is 26.2 Å². The number of methoxy groups -OCH3 is 1. The van der Waals surface area contributed by atoms with E-state index in [-0.39, 0.29) is 5.97 Å². The lowest BCUT2D eigenvalue weighted by Gasteiger charge is -2.30. The normalized spacial score (nSPS) is 17.0. The third-order valence-electron chi connectivity index (χ3n) is 4.43. The van der Waals surface area contributed by atoms with Crippen LogP contribution in [0.3, 0.4) is 0 Å². The topological polar surface area (TPSA) is 59.7 Å². The highest BCUT2D eigenvalue weighted by molar-refractivity contribution is 5.90. The zero-order valence-electron chi connectivity index (χ0n) is 13.2. The van der Waals surface area contributed by atoms with E-state index in [1.54, 1.807) is 22.8 Å². The first kappa shape index (κ1) is 15.0. The Morgan fingerprint density at radius 1 is 1.41 bits per heavy atom. The second-order valence-corrected chi connectivity index (χ2v) is 5.82. The van der Waals surface area contributed by atoms with Crippen LogP contribution in [0, 0.1) is 5.92 Å². The fourth-order valence-electron chi connectivity index (χ4n) is 3.02. The maximum Gasteiger partial charge on any atom is 0.338 e. The van der Waals surface area contributed by atoms with Gasteiger partial charge in [-0.15, -0.1) is 0 Å². The quantitative estimate of drug-likeness (QED) is 0.806. The molecule has 1 aliphatic heterocycles. The monoisotopic (exact) mass is 302 g/mol. The Morgan fingerprint density at radius 3 is 2.86 bits per heavy atom. The van der Waals surface area contributed by atoms with E-state index >= 15 is 0 Å². The smallest absolute Gasteiger partial charge is 0.338 e. The summed E-state index contributed by atoms with van der Waals surface area (Å²) in [5.41, 5.74) is 1.20.